The number of para-hydroxylation sites is 1. The van der Waals surface area contributed by atoms with Crippen LogP contribution in [0.15, 0.2) is 103 Å². The molecule has 1 saturated heterocycles. The highest BCUT2D eigenvalue weighted by Crippen LogP contribution is 2.52. The van der Waals surface area contributed by atoms with Crippen LogP contribution in [0, 0.1) is 0 Å². The van der Waals surface area contributed by atoms with Crippen LogP contribution in [0.5, 0.6) is 5.75 Å². The van der Waals surface area contributed by atoms with Crippen molar-refractivity contribution in [3.8, 4) is 5.75 Å². The van der Waals surface area contributed by atoms with Gasteiger partial charge in [-0.3, -0.25) is 8.90 Å². The summed E-state index contributed by atoms with van der Waals surface area (Å²) in [6.45, 7) is 1.27. The van der Waals surface area contributed by atoms with E-state index in [1.165, 1.54) is 0 Å². The number of benzene rings is 4. The molecule has 5 heteroatoms. The van der Waals surface area contributed by atoms with E-state index in [-0.39, 0.29) is 6.10 Å². The van der Waals surface area contributed by atoms with E-state index >= 15 is 4.57 Å². The van der Waals surface area contributed by atoms with Gasteiger partial charge in [0, 0.05) is 21.4 Å². The summed E-state index contributed by atoms with van der Waals surface area (Å²) in [6, 6.07) is 33.7. The Morgan fingerprint density at radius 3 is 2.03 bits per heavy atom. The molecule has 1 aromatic heterocycles. The van der Waals surface area contributed by atoms with E-state index in [0.29, 0.717) is 6.61 Å². The number of nitrogens with zero attached hydrogens (tertiary/aromatic N) is 1. The fraction of sp³-hybridized carbons (Fsp3) is 0.111. The number of hydrogen-bond donors (Lipinski definition) is 0. The van der Waals surface area contributed by atoms with Crippen LogP contribution in [0.3, 0.4) is 0 Å². The highest BCUT2D eigenvalue weighted by molar-refractivity contribution is 7.77. The van der Waals surface area contributed by atoms with Gasteiger partial charge in [-0.25, -0.2) is 0 Å². The van der Waals surface area contributed by atoms with Gasteiger partial charge in [-0.15, -0.1) is 0 Å². The second-order valence-electron chi connectivity index (χ2n) is 7.99. The van der Waals surface area contributed by atoms with Gasteiger partial charge in [0.05, 0.1) is 17.6 Å². The molecule has 0 amide bonds. The van der Waals surface area contributed by atoms with E-state index in [9.17, 15) is 0 Å². The fourth-order valence-electron chi connectivity index (χ4n) is 4.38. The molecule has 0 saturated carbocycles. The van der Waals surface area contributed by atoms with Crippen molar-refractivity contribution >= 4 is 39.7 Å². The number of hydrogen-bond acceptors (Lipinski definition) is 3. The number of fused-ring (bicyclic) bond motifs is 3. The van der Waals surface area contributed by atoms with Crippen molar-refractivity contribution in [1.82, 2.24) is 4.34 Å². The zero-order chi connectivity index (χ0) is 21.5. The number of aromatic nitrogens is 1. The van der Waals surface area contributed by atoms with Gasteiger partial charge < -0.3 is 9.47 Å². The minimum Gasteiger partial charge on any atom is -0.490 e. The lowest BCUT2D eigenvalue weighted by Gasteiger charge is -2.23. The Morgan fingerprint density at radius 2 is 1.38 bits per heavy atom. The maximum atomic E-state index is 15.2. The van der Waals surface area contributed by atoms with Gasteiger partial charge in [-0.05, 0) is 42.5 Å². The molecule has 5 aromatic rings. The van der Waals surface area contributed by atoms with Crippen molar-refractivity contribution in [3.63, 3.8) is 0 Å². The van der Waals surface area contributed by atoms with Crippen LogP contribution in [-0.2, 0) is 9.30 Å². The molecule has 1 aliphatic rings. The van der Waals surface area contributed by atoms with E-state index in [1.807, 2.05) is 101 Å². The molecule has 1 atom stereocenters. The summed E-state index contributed by atoms with van der Waals surface area (Å²) in [5.74, 6) is 0.792. The van der Waals surface area contributed by atoms with E-state index in [1.54, 1.807) is 0 Å². The molecule has 158 valence electrons. The van der Waals surface area contributed by atoms with Gasteiger partial charge in [-0.1, -0.05) is 60.7 Å². The van der Waals surface area contributed by atoms with Crippen molar-refractivity contribution in [2.24, 2.45) is 0 Å². The minimum absolute atomic E-state index is 0.165. The van der Waals surface area contributed by atoms with Crippen molar-refractivity contribution in [1.29, 1.82) is 0 Å². The molecule has 0 spiro atoms. The average molecular weight is 439 g/mol. The van der Waals surface area contributed by atoms with E-state index in [0.717, 1.165) is 44.8 Å². The highest BCUT2D eigenvalue weighted by Gasteiger charge is 2.33. The quantitative estimate of drug-likeness (QED) is 0.265. The monoisotopic (exact) mass is 439 g/mol. The lowest BCUT2D eigenvalue weighted by Crippen LogP contribution is -2.21. The summed E-state index contributed by atoms with van der Waals surface area (Å²) in [4.78, 5) is 0. The third-order valence-corrected chi connectivity index (χ3v) is 8.95. The van der Waals surface area contributed by atoms with Gasteiger partial charge in [0.1, 0.15) is 18.5 Å². The zero-order valence-electron chi connectivity index (χ0n) is 17.4. The van der Waals surface area contributed by atoms with Crippen molar-refractivity contribution in [2.75, 3.05) is 13.2 Å². The third kappa shape index (κ3) is 3.07. The predicted molar refractivity (Wildman–Crippen MR) is 130 cm³/mol. The normalized spacial score (nSPS) is 15.8. The van der Waals surface area contributed by atoms with Crippen molar-refractivity contribution < 1.29 is 14.0 Å². The summed E-state index contributed by atoms with van der Waals surface area (Å²) in [6.07, 6.45) is 0.165. The second kappa shape index (κ2) is 7.67. The molecule has 0 N–H and O–H groups in total. The molecule has 2 heterocycles. The van der Waals surface area contributed by atoms with Crippen LogP contribution in [0.2, 0.25) is 0 Å². The lowest BCUT2D eigenvalue weighted by atomic mass is 10.1. The molecule has 6 rings (SSSR count). The Bertz CT molecular complexity index is 1410. The molecular formula is C27H22NO3P. The second-order valence-corrected chi connectivity index (χ2v) is 10.6. The third-order valence-electron chi connectivity index (χ3n) is 5.96. The molecule has 32 heavy (non-hydrogen) atoms. The molecule has 4 nitrogen and oxygen atoms in total. The number of ether oxygens (including phenoxy) is 2. The van der Waals surface area contributed by atoms with Crippen molar-refractivity contribution in [2.45, 2.75) is 6.10 Å². The van der Waals surface area contributed by atoms with Gasteiger partial charge in [-0.2, -0.15) is 0 Å². The average Bonchev–Trinajstić information content (AvgIpc) is 3.63. The SMILES string of the molecule is O=P(c1ccccc1)(c1ccccc1)n1c2ccccc2c2c(OCC3CO3)cccc21. The summed E-state index contributed by atoms with van der Waals surface area (Å²) in [5.41, 5.74) is 1.83. The van der Waals surface area contributed by atoms with Crippen LogP contribution >= 0.6 is 7.29 Å². The Kier molecular flexibility index (Phi) is 4.64. The van der Waals surface area contributed by atoms with Crippen LogP contribution in [0.25, 0.3) is 21.8 Å². The first-order valence-electron chi connectivity index (χ1n) is 10.8. The Morgan fingerprint density at radius 1 is 0.781 bits per heavy atom. The molecule has 0 aliphatic carbocycles. The Labute approximate surface area is 186 Å². The van der Waals surface area contributed by atoms with Crippen LogP contribution in [0.4, 0.5) is 0 Å². The lowest BCUT2D eigenvalue weighted by molar-refractivity contribution is 0.265. The van der Waals surface area contributed by atoms with E-state index in [2.05, 4.69) is 6.07 Å². The molecule has 1 fully saturated rings. The van der Waals surface area contributed by atoms with E-state index in [4.69, 9.17) is 9.47 Å². The summed E-state index contributed by atoms with van der Waals surface area (Å²) in [5, 5.41) is 3.61. The fourth-order valence-corrected chi connectivity index (χ4v) is 7.24. The van der Waals surface area contributed by atoms with Crippen LogP contribution in [0.1, 0.15) is 0 Å². The summed E-state index contributed by atoms with van der Waals surface area (Å²) >= 11 is 0. The predicted octanol–water partition coefficient (Wildman–Crippen LogP) is 5.35. The van der Waals surface area contributed by atoms with Crippen LogP contribution < -0.4 is 15.3 Å². The van der Waals surface area contributed by atoms with Gasteiger partial charge in [0.15, 0.2) is 0 Å². The van der Waals surface area contributed by atoms with Gasteiger partial charge >= 0.3 is 0 Å². The van der Waals surface area contributed by atoms with Gasteiger partial charge in [0.2, 0.25) is 7.29 Å². The molecular weight excluding hydrogens is 417 g/mol. The minimum atomic E-state index is -3.23. The first kappa shape index (κ1) is 19.4. The zero-order valence-corrected chi connectivity index (χ0v) is 18.3. The molecule has 4 aromatic carbocycles. The number of rotatable bonds is 6. The standard InChI is InChI=1S/C27H22NO3P/c29-32(21-10-3-1-4-11-21,22-12-5-2-6-13-22)28-24-15-8-7-14-23(24)27-25(28)16-9-17-26(27)31-19-20-18-30-20/h1-17,20H,18-19H2. The van der Waals surface area contributed by atoms with Crippen LogP contribution in [-0.4, -0.2) is 23.7 Å². The molecule has 1 unspecified atom stereocenters. The summed E-state index contributed by atoms with van der Waals surface area (Å²) in [7, 11) is -3.23. The molecule has 0 bridgehead atoms. The smallest absolute Gasteiger partial charge is 0.234 e. The van der Waals surface area contributed by atoms with Crippen molar-refractivity contribution in [3.05, 3.63) is 103 Å². The maximum absolute atomic E-state index is 15.2. The Balaban J connectivity index is 1.70. The maximum Gasteiger partial charge on any atom is 0.234 e. The largest absolute Gasteiger partial charge is 0.490 e. The first-order chi connectivity index (χ1) is 15.8. The summed E-state index contributed by atoms with van der Waals surface area (Å²) < 4.78 is 28.7. The first-order valence-corrected chi connectivity index (χ1v) is 12.4. The Hall–Kier alpha value is -3.33. The number of epoxide rings is 1. The van der Waals surface area contributed by atoms with Gasteiger partial charge in [0.25, 0.3) is 0 Å². The van der Waals surface area contributed by atoms with E-state index < -0.39 is 7.29 Å². The topological polar surface area (TPSA) is 43.8 Å². The highest BCUT2D eigenvalue weighted by atomic mass is 31.2. The molecule has 0 radical (unpaired) electrons. The molecule has 1 aliphatic heterocycles.